The third kappa shape index (κ3) is 4.18. The lowest BCUT2D eigenvalue weighted by Crippen LogP contribution is -2.34. The van der Waals surface area contributed by atoms with Gasteiger partial charge in [0.15, 0.2) is 0 Å². The lowest BCUT2D eigenvalue weighted by Gasteiger charge is -2.11. The van der Waals surface area contributed by atoms with E-state index < -0.39 is 9.70 Å². The molecule has 0 aliphatic heterocycles. The first kappa shape index (κ1) is 13.6. The second-order valence-corrected chi connectivity index (χ2v) is 5.49. The van der Waals surface area contributed by atoms with E-state index in [2.05, 4.69) is 5.32 Å². The van der Waals surface area contributed by atoms with Gasteiger partial charge in [-0.2, -0.15) is 0 Å². The number of nitrogens with one attached hydrogen (secondary N) is 1. The number of hydrogen-bond acceptors (Lipinski definition) is 2. The van der Waals surface area contributed by atoms with Crippen LogP contribution in [0.15, 0.2) is 24.3 Å². The molecule has 0 aromatic heterocycles. The fourth-order valence-electron chi connectivity index (χ4n) is 1.15. The van der Waals surface area contributed by atoms with Gasteiger partial charge in [0.05, 0.1) is 0 Å². The predicted octanol–water partition coefficient (Wildman–Crippen LogP) is 2.13. The van der Waals surface area contributed by atoms with E-state index in [1.807, 2.05) is 24.3 Å². The van der Waals surface area contributed by atoms with E-state index in [4.69, 9.17) is 40.5 Å². The quantitative estimate of drug-likeness (QED) is 0.834. The van der Waals surface area contributed by atoms with Crippen molar-refractivity contribution in [3.05, 3.63) is 35.4 Å². The number of carbonyl (C=O) groups excluding carboxylic acids is 1. The van der Waals surface area contributed by atoms with Crippen LogP contribution in [0, 0.1) is 0 Å². The summed E-state index contributed by atoms with van der Waals surface area (Å²) in [5.74, 6) is -0.643. The highest BCUT2D eigenvalue weighted by Crippen LogP contribution is 2.25. The number of amides is 1. The van der Waals surface area contributed by atoms with Crippen molar-refractivity contribution in [3.8, 4) is 0 Å². The minimum absolute atomic E-state index is 0.306. The number of rotatable bonds is 3. The van der Waals surface area contributed by atoms with Crippen LogP contribution in [0.2, 0.25) is 0 Å². The number of nitrogens with two attached hydrogens (primary N) is 1. The minimum atomic E-state index is -1.93. The Balaban J connectivity index is 2.58. The number of alkyl halides is 3. The van der Waals surface area contributed by atoms with E-state index in [0.717, 1.165) is 11.1 Å². The molecular weight excluding hydrogens is 270 g/mol. The van der Waals surface area contributed by atoms with Gasteiger partial charge in [-0.25, -0.2) is 0 Å². The van der Waals surface area contributed by atoms with Crippen LogP contribution in [0.3, 0.4) is 0 Å². The number of hydrogen-bond donors (Lipinski definition) is 2. The monoisotopic (exact) mass is 280 g/mol. The van der Waals surface area contributed by atoms with E-state index in [-0.39, 0.29) is 0 Å². The van der Waals surface area contributed by atoms with Crippen molar-refractivity contribution >= 4 is 40.7 Å². The van der Waals surface area contributed by atoms with Crippen LogP contribution >= 0.6 is 34.8 Å². The van der Waals surface area contributed by atoms with Crippen LogP contribution in [0.1, 0.15) is 11.1 Å². The average Bonchev–Trinajstić information content (AvgIpc) is 2.25. The van der Waals surface area contributed by atoms with Crippen LogP contribution in [0.5, 0.6) is 0 Å². The summed E-state index contributed by atoms with van der Waals surface area (Å²) in [5, 5.41) is 2.51. The Labute approximate surface area is 109 Å². The molecule has 1 aromatic carbocycles. The molecule has 0 spiro atoms. The second kappa shape index (κ2) is 5.73. The first-order chi connectivity index (χ1) is 7.43. The van der Waals surface area contributed by atoms with Crippen molar-refractivity contribution in [2.75, 3.05) is 0 Å². The average molecular weight is 282 g/mol. The molecule has 0 aliphatic carbocycles. The van der Waals surface area contributed by atoms with Crippen molar-refractivity contribution in [1.29, 1.82) is 0 Å². The van der Waals surface area contributed by atoms with Crippen LogP contribution in [0.25, 0.3) is 0 Å². The van der Waals surface area contributed by atoms with Gasteiger partial charge in [-0.1, -0.05) is 59.1 Å². The van der Waals surface area contributed by atoms with Crippen LogP contribution in [-0.2, 0) is 17.9 Å². The Morgan fingerprint density at radius 3 is 2.50 bits per heavy atom. The molecule has 0 fully saturated rings. The molecule has 0 unspecified atom stereocenters. The standard InChI is InChI=1S/C10H11Cl3N2O/c11-10(12,13)9(16)15-6-8-3-1-2-7(4-8)5-14/h1-4H,5-6,14H2,(H,15,16). The normalized spacial score (nSPS) is 11.2. The van der Waals surface area contributed by atoms with Gasteiger partial charge in [0.1, 0.15) is 0 Å². The molecule has 0 aliphatic rings. The lowest BCUT2D eigenvalue weighted by molar-refractivity contribution is -0.120. The SMILES string of the molecule is NCc1cccc(CNC(=O)C(Cl)(Cl)Cl)c1. The second-order valence-electron chi connectivity index (χ2n) is 3.20. The molecule has 3 nitrogen and oxygen atoms in total. The highest BCUT2D eigenvalue weighted by Gasteiger charge is 2.29. The van der Waals surface area contributed by atoms with Gasteiger partial charge in [0.2, 0.25) is 0 Å². The van der Waals surface area contributed by atoms with E-state index in [1.165, 1.54) is 0 Å². The van der Waals surface area contributed by atoms with E-state index in [0.29, 0.717) is 13.1 Å². The van der Waals surface area contributed by atoms with E-state index in [9.17, 15) is 4.79 Å². The van der Waals surface area contributed by atoms with Gasteiger partial charge in [0, 0.05) is 13.1 Å². The molecule has 1 aromatic rings. The molecule has 0 saturated carbocycles. The molecule has 1 amide bonds. The molecule has 16 heavy (non-hydrogen) atoms. The zero-order valence-corrected chi connectivity index (χ0v) is 10.6. The number of benzene rings is 1. The smallest absolute Gasteiger partial charge is 0.272 e. The van der Waals surface area contributed by atoms with E-state index in [1.54, 1.807) is 0 Å². The van der Waals surface area contributed by atoms with Crippen molar-refractivity contribution in [3.63, 3.8) is 0 Å². The molecule has 0 saturated heterocycles. The molecule has 0 atom stereocenters. The molecular formula is C10H11Cl3N2O. The fraction of sp³-hybridized carbons (Fsp3) is 0.300. The lowest BCUT2D eigenvalue weighted by atomic mass is 10.1. The third-order valence-corrected chi connectivity index (χ3v) is 2.45. The van der Waals surface area contributed by atoms with Crippen LogP contribution in [0.4, 0.5) is 0 Å². The van der Waals surface area contributed by atoms with Gasteiger partial charge < -0.3 is 11.1 Å². The first-order valence-electron chi connectivity index (χ1n) is 4.56. The summed E-state index contributed by atoms with van der Waals surface area (Å²) in [5.41, 5.74) is 7.39. The first-order valence-corrected chi connectivity index (χ1v) is 5.70. The maximum atomic E-state index is 11.3. The minimum Gasteiger partial charge on any atom is -0.348 e. The molecule has 1 rings (SSSR count). The number of halogens is 3. The summed E-state index contributed by atoms with van der Waals surface area (Å²) < 4.78 is -1.93. The van der Waals surface area contributed by atoms with Gasteiger partial charge in [-0.3, -0.25) is 4.79 Å². The third-order valence-electron chi connectivity index (χ3n) is 1.94. The van der Waals surface area contributed by atoms with Crippen LogP contribution < -0.4 is 11.1 Å². The van der Waals surface area contributed by atoms with Crippen molar-refractivity contribution < 1.29 is 4.79 Å². The molecule has 0 bridgehead atoms. The zero-order valence-electron chi connectivity index (χ0n) is 8.34. The Morgan fingerprint density at radius 2 is 1.94 bits per heavy atom. The van der Waals surface area contributed by atoms with Gasteiger partial charge in [0.25, 0.3) is 9.70 Å². The van der Waals surface area contributed by atoms with Crippen molar-refractivity contribution in [2.24, 2.45) is 5.73 Å². The summed E-state index contributed by atoms with van der Waals surface area (Å²) in [6.45, 7) is 0.757. The van der Waals surface area contributed by atoms with Gasteiger partial charge >= 0.3 is 0 Å². The molecule has 88 valence electrons. The summed E-state index contributed by atoms with van der Waals surface area (Å²) in [6, 6.07) is 7.51. The topological polar surface area (TPSA) is 55.1 Å². The summed E-state index contributed by atoms with van der Waals surface area (Å²) in [6.07, 6.45) is 0. The highest BCUT2D eigenvalue weighted by molar-refractivity contribution is 6.76. The van der Waals surface area contributed by atoms with Crippen molar-refractivity contribution in [2.45, 2.75) is 16.9 Å². The van der Waals surface area contributed by atoms with Crippen molar-refractivity contribution in [1.82, 2.24) is 5.32 Å². The van der Waals surface area contributed by atoms with E-state index >= 15 is 0 Å². The Kier molecular flexibility index (Phi) is 4.87. The zero-order chi connectivity index (χ0) is 12.2. The largest absolute Gasteiger partial charge is 0.348 e. The maximum Gasteiger partial charge on any atom is 0.272 e. The molecule has 6 heteroatoms. The van der Waals surface area contributed by atoms with Gasteiger partial charge in [-0.05, 0) is 11.1 Å². The highest BCUT2D eigenvalue weighted by atomic mass is 35.6. The van der Waals surface area contributed by atoms with Gasteiger partial charge in [-0.15, -0.1) is 0 Å². The molecule has 3 N–H and O–H groups in total. The van der Waals surface area contributed by atoms with Crippen LogP contribution in [-0.4, -0.2) is 9.70 Å². The number of carbonyl (C=O) groups is 1. The predicted molar refractivity (Wildman–Crippen MR) is 66.5 cm³/mol. The molecule has 0 radical (unpaired) electrons. The summed E-state index contributed by atoms with van der Waals surface area (Å²) in [7, 11) is 0. The Hall–Kier alpha value is -0.480. The summed E-state index contributed by atoms with van der Waals surface area (Å²) >= 11 is 16.2. The Bertz CT molecular complexity index is 377. The maximum absolute atomic E-state index is 11.3. The summed E-state index contributed by atoms with van der Waals surface area (Å²) in [4.78, 5) is 11.3. The Morgan fingerprint density at radius 1 is 1.31 bits per heavy atom. The molecule has 0 heterocycles. The fourth-order valence-corrected chi connectivity index (χ4v) is 1.35.